The molecule has 30 heavy (non-hydrogen) atoms. The number of carbonyl (C=O) groups is 3. The highest BCUT2D eigenvalue weighted by Gasteiger charge is 2.37. The summed E-state index contributed by atoms with van der Waals surface area (Å²) in [6.07, 6.45) is 1.35. The minimum absolute atomic E-state index is 0.262. The third-order valence-electron chi connectivity index (χ3n) is 4.54. The SMILES string of the molecule is Cc1cc(/C=C2/SC(=O)N(CC(=O)OC(C)C)C2=O)c(C)n1-c1ccc(C#N)cc1. The highest BCUT2D eigenvalue weighted by atomic mass is 32.2. The van der Waals surface area contributed by atoms with E-state index in [0.717, 1.165) is 39.3 Å². The van der Waals surface area contributed by atoms with E-state index in [1.54, 1.807) is 32.1 Å². The number of nitrogens with zero attached hydrogens (tertiary/aromatic N) is 3. The molecule has 0 aliphatic carbocycles. The molecule has 3 rings (SSSR count). The van der Waals surface area contributed by atoms with Gasteiger partial charge in [0.1, 0.15) is 6.54 Å². The Morgan fingerprint density at radius 3 is 2.50 bits per heavy atom. The van der Waals surface area contributed by atoms with Gasteiger partial charge in [-0.05, 0) is 81.4 Å². The number of hydrogen-bond donors (Lipinski definition) is 0. The van der Waals surface area contributed by atoms with Crippen molar-refractivity contribution in [3.8, 4) is 11.8 Å². The number of amides is 2. The van der Waals surface area contributed by atoms with Crippen molar-refractivity contribution in [2.75, 3.05) is 6.54 Å². The molecule has 0 saturated carbocycles. The van der Waals surface area contributed by atoms with Gasteiger partial charge in [-0.1, -0.05) is 0 Å². The van der Waals surface area contributed by atoms with Gasteiger partial charge >= 0.3 is 5.97 Å². The molecule has 0 bridgehead atoms. The molecule has 1 aromatic heterocycles. The van der Waals surface area contributed by atoms with E-state index >= 15 is 0 Å². The number of thioether (sulfide) groups is 1. The summed E-state index contributed by atoms with van der Waals surface area (Å²) >= 11 is 0.808. The van der Waals surface area contributed by atoms with Crippen molar-refractivity contribution in [3.05, 3.63) is 57.8 Å². The predicted octanol–water partition coefficient (Wildman–Crippen LogP) is 3.95. The van der Waals surface area contributed by atoms with Crippen LogP contribution in [0.25, 0.3) is 11.8 Å². The van der Waals surface area contributed by atoms with Crippen molar-refractivity contribution in [2.45, 2.75) is 33.8 Å². The second kappa shape index (κ2) is 8.59. The van der Waals surface area contributed by atoms with Crippen LogP contribution < -0.4 is 0 Å². The van der Waals surface area contributed by atoms with Gasteiger partial charge in [0.2, 0.25) is 0 Å². The van der Waals surface area contributed by atoms with Crippen LogP contribution in [0.2, 0.25) is 0 Å². The maximum atomic E-state index is 12.7. The van der Waals surface area contributed by atoms with E-state index in [1.165, 1.54) is 0 Å². The molecule has 0 N–H and O–H groups in total. The molecular weight excluding hydrogens is 402 g/mol. The molecule has 2 aromatic rings. The first-order chi connectivity index (χ1) is 14.2. The van der Waals surface area contributed by atoms with Crippen LogP contribution in [-0.4, -0.2) is 39.2 Å². The molecule has 1 aliphatic rings. The number of imide groups is 1. The first kappa shape index (κ1) is 21.4. The Bertz CT molecular complexity index is 1090. The lowest BCUT2D eigenvalue weighted by Gasteiger charge is -2.13. The second-order valence-electron chi connectivity index (χ2n) is 7.13. The van der Waals surface area contributed by atoms with E-state index in [2.05, 4.69) is 6.07 Å². The zero-order valence-electron chi connectivity index (χ0n) is 17.1. The number of benzene rings is 1. The molecule has 7 nitrogen and oxygen atoms in total. The largest absolute Gasteiger partial charge is 0.462 e. The molecule has 2 heterocycles. The summed E-state index contributed by atoms with van der Waals surface area (Å²) in [6.45, 7) is 6.87. The quantitative estimate of drug-likeness (QED) is 0.534. The molecule has 1 fully saturated rings. The highest BCUT2D eigenvalue weighted by molar-refractivity contribution is 8.18. The van der Waals surface area contributed by atoms with E-state index in [0.29, 0.717) is 5.56 Å². The lowest BCUT2D eigenvalue weighted by molar-refractivity contribution is -0.149. The summed E-state index contributed by atoms with van der Waals surface area (Å²) < 4.78 is 7.04. The van der Waals surface area contributed by atoms with E-state index in [1.807, 2.05) is 36.6 Å². The lowest BCUT2D eigenvalue weighted by atomic mass is 10.2. The molecule has 0 spiro atoms. The van der Waals surface area contributed by atoms with Crippen molar-refractivity contribution in [3.63, 3.8) is 0 Å². The average Bonchev–Trinajstić information content (AvgIpc) is 3.11. The monoisotopic (exact) mass is 423 g/mol. The molecule has 1 aliphatic heterocycles. The first-order valence-electron chi connectivity index (χ1n) is 9.35. The van der Waals surface area contributed by atoms with Gasteiger partial charge in [0.25, 0.3) is 11.1 Å². The van der Waals surface area contributed by atoms with Crippen LogP contribution in [0.1, 0.15) is 36.4 Å². The van der Waals surface area contributed by atoms with Crippen LogP contribution in [0.5, 0.6) is 0 Å². The molecular formula is C22H21N3O4S. The number of aryl methyl sites for hydroxylation is 1. The maximum Gasteiger partial charge on any atom is 0.326 e. The van der Waals surface area contributed by atoms with Crippen molar-refractivity contribution >= 4 is 35.0 Å². The molecule has 0 atom stereocenters. The summed E-state index contributed by atoms with van der Waals surface area (Å²) in [7, 11) is 0. The number of rotatable bonds is 5. The number of aromatic nitrogens is 1. The van der Waals surface area contributed by atoms with Gasteiger partial charge in [0, 0.05) is 17.1 Å². The van der Waals surface area contributed by atoms with Crippen molar-refractivity contribution in [1.29, 1.82) is 5.26 Å². The average molecular weight is 423 g/mol. The predicted molar refractivity (Wildman–Crippen MR) is 114 cm³/mol. The normalized spacial score (nSPS) is 15.2. The van der Waals surface area contributed by atoms with E-state index in [4.69, 9.17) is 10.00 Å². The zero-order valence-corrected chi connectivity index (χ0v) is 17.9. The van der Waals surface area contributed by atoms with E-state index in [9.17, 15) is 14.4 Å². The van der Waals surface area contributed by atoms with Gasteiger partial charge in [-0.2, -0.15) is 5.26 Å². The Kier molecular flexibility index (Phi) is 6.13. The summed E-state index contributed by atoms with van der Waals surface area (Å²) in [4.78, 5) is 37.9. The number of carbonyl (C=O) groups excluding carboxylic acids is 3. The topological polar surface area (TPSA) is 92.4 Å². The maximum absolute atomic E-state index is 12.7. The third kappa shape index (κ3) is 4.31. The van der Waals surface area contributed by atoms with Gasteiger partial charge in [-0.3, -0.25) is 19.3 Å². The van der Waals surface area contributed by atoms with Gasteiger partial charge < -0.3 is 9.30 Å². The molecule has 1 saturated heterocycles. The Morgan fingerprint density at radius 1 is 1.23 bits per heavy atom. The van der Waals surface area contributed by atoms with Crippen molar-refractivity contribution in [1.82, 2.24) is 9.47 Å². The Morgan fingerprint density at radius 2 is 1.90 bits per heavy atom. The Balaban J connectivity index is 1.87. The third-order valence-corrected chi connectivity index (χ3v) is 5.45. The molecule has 1 aromatic carbocycles. The fraction of sp³-hybridized carbons (Fsp3) is 0.273. The minimum atomic E-state index is -0.618. The van der Waals surface area contributed by atoms with Crippen LogP contribution in [0.4, 0.5) is 4.79 Å². The Hall–Kier alpha value is -3.31. The number of hydrogen-bond acceptors (Lipinski definition) is 6. The van der Waals surface area contributed by atoms with Crippen molar-refractivity contribution in [2.24, 2.45) is 0 Å². The standard InChI is InChI=1S/C22H21N3O4S/c1-13(2)29-20(26)12-24-21(27)19(30-22(24)28)10-17-9-14(3)25(15(17)4)18-7-5-16(11-23)6-8-18/h5-10,13H,12H2,1-4H3/b19-10+. The fourth-order valence-corrected chi connectivity index (χ4v) is 4.05. The van der Waals surface area contributed by atoms with E-state index < -0.39 is 23.7 Å². The summed E-state index contributed by atoms with van der Waals surface area (Å²) in [6, 6.07) is 11.2. The molecule has 154 valence electrons. The zero-order chi connectivity index (χ0) is 22.0. The van der Waals surface area contributed by atoms with Gasteiger partial charge in [0.15, 0.2) is 0 Å². The van der Waals surface area contributed by atoms with Crippen LogP contribution >= 0.6 is 11.8 Å². The van der Waals surface area contributed by atoms with Crippen LogP contribution in [0.3, 0.4) is 0 Å². The Labute approximate surface area is 178 Å². The van der Waals surface area contributed by atoms with Crippen LogP contribution in [0, 0.1) is 25.2 Å². The second-order valence-corrected chi connectivity index (χ2v) is 8.12. The fourth-order valence-electron chi connectivity index (χ4n) is 3.22. The van der Waals surface area contributed by atoms with Gasteiger partial charge in [0.05, 0.1) is 22.6 Å². The smallest absolute Gasteiger partial charge is 0.326 e. The first-order valence-corrected chi connectivity index (χ1v) is 10.2. The van der Waals surface area contributed by atoms with Crippen LogP contribution in [-0.2, 0) is 14.3 Å². The minimum Gasteiger partial charge on any atom is -0.462 e. The van der Waals surface area contributed by atoms with E-state index in [-0.39, 0.29) is 11.0 Å². The molecule has 0 radical (unpaired) electrons. The number of esters is 1. The van der Waals surface area contributed by atoms with Gasteiger partial charge in [-0.15, -0.1) is 0 Å². The molecule has 0 unspecified atom stereocenters. The lowest BCUT2D eigenvalue weighted by Crippen LogP contribution is -2.35. The summed E-state index contributed by atoms with van der Waals surface area (Å²) in [5.74, 6) is -1.12. The summed E-state index contributed by atoms with van der Waals surface area (Å²) in [5, 5.41) is 8.48. The molecule has 2 amide bonds. The van der Waals surface area contributed by atoms with Crippen LogP contribution in [0.15, 0.2) is 35.2 Å². The van der Waals surface area contributed by atoms with Crippen molar-refractivity contribution < 1.29 is 19.1 Å². The summed E-state index contributed by atoms with van der Waals surface area (Å²) in [5.41, 5.74) is 4.11. The van der Waals surface area contributed by atoms with Gasteiger partial charge in [-0.25, -0.2) is 0 Å². The molecule has 8 heteroatoms. The number of ether oxygens (including phenoxy) is 1. The highest BCUT2D eigenvalue weighted by Crippen LogP contribution is 2.33. The number of nitriles is 1.